The molecule has 102 valence electrons. The number of hydrogen-bond donors (Lipinski definition) is 0. The molecule has 1 rings (SSSR count). The van der Waals surface area contributed by atoms with Crippen LogP contribution >= 0.6 is 7.37 Å². The van der Waals surface area contributed by atoms with Gasteiger partial charge in [0, 0.05) is 12.7 Å². The van der Waals surface area contributed by atoms with Crippen molar-refractivity contribution < 1.29 is 13.8 Å². The molecule has 1 aromatic carbocycles. The molecule has 0 radical (unpaired) electrons. The number of methoxy groups -OCH3 is 1. The molecule has 19 heavy (non-hydrogen) atoms. The Bertz CT molecular complexity index is 529. The zero-order chi connectivity index (χ0) is 14.3. The third-order valence-corrected chi connectivity index (χ3v) is 4.28. The molecule has 0 amide bonds. The average molecular weight is 279 g/mol. The molecule has 1 atom stereocenters. The Morgan fingerprint density at radius 2 is 2.05 bits per heavy atom. The largest absolute Gasteiger partial charge is 0.497 e. The molecule has 0 aromatic heterocycles. The monoisotopic (exact) mass is 279 g/mol. The Morgan fingerprint density at radius 3 is 2.53 bits per heavy atom. The number of benzene rings is 1. The van der Waals surface area contributed by atoms with Crippen molar-refractivity contribution in [1.29, 1.82) is 5.26 Å². The van der Waals surface area contributed by atoms with Gasteiger partial charge in [-0.15, -0.1) is 0 Å². The number of allylic oxidation sites excluding steroid dienone is 2. The van der Waals surface area contributed by atoms with Gasteiger partial charge in [-0.2, -0.15) is 5.26 Å². The van der Waals surface area contributed by atoms with Gasteiger partial charge < -0.3 is 9.26 Å². The van der Waals surface area contributed by atoms with Crippen LogP contribution in [-0.4, -0.2) is 26.5 Å². The number of ether oxygens (including phenoxy) is 1. The van der Waals surface area contributed by atoms with Crippen molar-refractivity contribution >= 4 is 12.9 Å². The number of rotatable bonds is 6. The van der Waals surface area contributed by atoms with Crippen LogP contribution in [0.2, 0.25) is 0 Å². The highest BCUT2D eigenvalue weighted by Gasteiger charge is 2.18. The molecule has 1 aromatic rings. The maximum atomic E-state index is 12.2. The van der Waals surface area contributed by atoms with E-state index >= 15 is 0 Å². The van der Waals surface area contributed by atoms with Crippen molar-refractivity contribution in [3.05, 3.63) is 35.9 Å². The summed E-state index contributed by atoms with van der Waals surface area (Å²) in [5.74, 6) is 0.740. The lowest BCUT2D eigenvalue weighted by atomic mass is 10.1. The highest BCUT2D eigenvalue weighted by molar-refractivity contribution is 7.58. The van der Waals surface area contributed by atoms with E-state index in [-0.39, 0.29) is 6.16 Å². The molecule has 0 spiro atoms. The van der Waals surface area contributed by atoms with Crippen LogP contribution in [0.3, 0.4) is 0 Å². The number of hydrogen-bond acceptors (Lipinski definition) is 4. The van der Waals surface area contributed by atoms with Crippen LogP contribution < -0.4 is 4.74 Å². The average Bonchev–Trinajstić information content (AvgIpc) is 2.38. The van der Waals surface area contributed by atoms with Gasteiger partial charge in [-0.25, -0.2) is 0 Å². The molecule has 0 fully saturated rings. The third kappa shape index (κ3) is 4.90. The zero-order valence-corrected chi connectivity index (χ0v) is 12.3. The van der Waals surface area contributed by atoms with Crippen molar-refractivity contribution in [3.8, 4) is 11.8 Å². The van der Waals surface area contributed by atoms with Gasteiger partial charge in [0.15, 0.2) is 0 Å². The van der Waals surface area contributed by atoms with Crippen LogP contribution in [0.5, 0.6) is 5.75 Å². The lowest BCUT2D eigenvalue weighted by molar-refractivity contribution is 0.339. The fraction of sp³-hybridized carbons (Fsp3) is 0.357. The van der Waals surface area contributed by atoms with Gasteiger partial charge in [0.2, 0.25) is 7.37 Å². The minimum absolute atomic E-state index is 0.251. The summed E-state index contributed by atoms with van der Waals surface area (Å²) in [6, 6.07) is 9.29. The maximum Gasteiger partial charge on any atom is 0.204 e. The van der Waals surface area contributed by atoms with Crippen molar-refractivity contribution in [1.82, 2.24) is 0 Å². The molecule has 5 heteroatoms. The lowest BCUT2D eigenvalue weighted by Crippen LogP contribution is -1.97. The van der Waals surface area contributed by atoms with E-state index in [1.807, 2.05) is 30.3 Å². The molecule has 0 aliphatic heterocycles. The van der Waals surface area contributed by atoms with Crippen molar-refractivity contribution in [2.75, 3.05) is 26.5 Å². The van der Waals surface area contributed by atoms with E-state index in [4.69, 9.17) is 14.5 Å². The van der Waals surface area contributed by atoms with Crippen LogP contribution in [0.4, 0.5) is 0 Å². The minimum atomic E-state index is -2.71. The van der Waals surface area contributed by atoms with Crippen LogP contribution in [0.25, 0.3) is 5.57 Å². The maximum absolute atomic E-state index is 12.2. The van der Waals surface area contributed by atoms with E-state index in [1.54, 1.807) is 20.7 Å². The Morgan fingerprint density at radius 1 is 1.42 bits per heavy atom. The van der Waals surface area contributed by atoms with Crippen LogP contribution in [-0.2, 0) is 9.09 Å². The Hall–Kier alpha value is -1.56. The van der Waals surface area contributed by atoms with Crippen molar-refractivity contribution in [2.45, 2.75) is 6.92 Å². The highest BCUT2D eigenvalue weighted by Crippen LogP contribution is 2.46. The van der Waals surface area contributed by atoms with E-state index in [2.05, 4.69) is 0 Å². The minimum Gasteiger partial charge on any atom is -0.497 e. The molecular formula is C14H18NO3P. The molecule has 1 unspecified atom stereocenters. The second-order valence-electron chi connectivity index (χ2n) is 4.12. The second kappa shape index (κ2) is 7.13. The van der Waals surface area contributed by atoms with E-state index < -0.39 is 7.37 Å². The number of nitrogens with zero attached hydrogens (tertiary/aromatic N) is 1. The van der Waals surface area contributed by atoms with Gasteiger partial charge in [0.05, 0.1) is 25.9 Å². The first-order valence-corrected chi connectivity index (χ1v) is 8.22. The summed E-state index contributed by atoms with van der Waals surface area (Å²) < 4.78 is 22.5. The molecule has 0 saturated carbocycles. The highest BCUT2D eigenvalue weighted by atomic mass is 31.2. The van der Waals surface area contributed by atoms with Crippen molar-refractivity contribution in [3.63, 3.8) is 0 Å². The predicted molar refractivity (Wildman–Crippen MR) is 76.6 cm³/mol. The molecule has 0 aliphatic rings. The van der Waals surface area contributed by atoms with Crippen molar-refractivity contribution in [2.24, 2.45) is 0 Å². The second-order valence-corrected chi connectivity index (χ2v) is 6.72. The summed E-state index contributed by atoms with van der Waals surface area (Å²) in [6.45, 7) is 3.79. The molecule has 0 heterocycles. The SMILES string of the molecule is CCOP(C)(=O)C/C(=C/C#N)c1ccc(OC)cc1. The molecule has 0 bridgehead atoms. The van der Waals surface area contributed by atoms with Gasteiger partial charge in [-0.3, -0.25) is 4.57 Å². The molecule has 4 nitrogen and oxygen atoms in total. The summed E-state index contributed by atoms with van der Waals surface area (Å²) in [6.07, 6.45) is 1.66. The summed E-state index contributed by atoms with van der Waals surface area (Å²) in [5, 5.41) is 8.84. The summed E-state index contributed by atoms with van der Waals surface area (Å²) in [7, 11) is -1.12. The van der Waals surface area contributed by atoms with Crippen LogP contribution in [0.1, 0.15) is 12.5 Å². The lowest BCUT2D eigenvalue weighted by Gasteiger charge is -2.15. The number of nitriles is 1. The van der Waals surface area contributed by atoms with Crippen LogP contribution in [0, 0.1) is 11.3 Å². The normalized spacial score (nSPS) is 14.5. The fourth-order valence-corrected chi connectivity index (χ4v) is 3.26. The summed E-state index contributed by atoms with van der Waals surface area (Å²) in [5.41, 5.74) is 1.56. The van der Waals surface area contributed by atoms with Gasteiger partial charge in [-0.1, -0.05) is 12.1 Å². The van der Waals surface area contributed by atoms with E-state index in [0.29, 0.717) is 12.2 Å². The topological polar surface area (TPSA) is 59.3 Å². The molecule has 0 aliphatic carbocycles. The van der Waals surface area contributed by atoms with Crippen LogP contribution in [0.15, 0.2) is 30.3 Å². The standard InChI is InChI=1S/C14H18NO3P/c1-4-18-19(3,16)11-13(9-10-15)12-5-7-14(17-2)8-6-12/h5-9H,4,11H2,1-3H3/b13-9-. The third-order valence-electron chi connectivity index (χ3n) is 2.56. The van der Waals surface area contributed by atoms with Gasteiger partial charge in [-0.05, 0) is 30.2 Å². The van der Waals surface area contributed by atoms with E-state index in [9.17, 15) is 4.57 Å². The predicted octanol–water partition coefficient (Wildman–Crippen LogP) is 3.55. The van der Waals surface area contributed by atoms with Gasteiger partial charge >= 0.3 is 0 Å². The first kappa shape index (κ1) is 15.5. The Labute approximate surface area is 114 Å². The first-order chi connectivity index (χ1) is 9.02. The smallest absolute Gasteiger partial charge is 0.204 e. The molecule has 0 saturated heterocycles. The van der Waals surface area contributed by atoms with E-state index in [1.165, 1.54) is 6.08 Å². The van der Waals surface area contributed by atoms with Gasteiger partial charge in [0.1, 0.15) is 5.75 Å². The Balaban J connectivity index is 2.99. The van der Waals surface area contributed by atoms with E-state index in [0.717, 1.165) is 11.3 Å². The first-order valence-electron chi connectivity index (χ1n) is 5.96. The summed E-state index contributed by atoms with van der Waals surface area (Å²) in [4.78, 5) is 0. The summed E-state index contributed by atoms with van der Waals surface area (Å²) >= 11 is 0. The zero-order valence-electron chi connectivity index (χ0n) is 11.4. The molecular weight excluding hydrogens is 261 g/mol. The molecule has 0 N–H and O–H groups in total. The Kier molecular flexibility index (Phi) is 5.82. The fourth-order valence-electron chi connectivity index (χ4n) is 1.73. The quantitative estimate of drug-likeness (QED) is 0.590. The van der Waals surface area contributed by atoms with Gasteiger partial charge in [0.25, 0.3) is 0 Å².